The van der Waals surface area contributed by atoms with Gasteiger partial charge in [-0.15, -0.1) is 6.58 Å². The van der Waals surface area contributed by atoms with Crippen molar-refractivity contribution in [2.75, 3.05) is 26.3 Å². The van der Waals surface area contributed by atoms with Crippen molar-refractivity contribution in [1.82, 2.24) is 19.7 Å². The van der Waals surface area contributed by atoms with Crippen molar-refractivity contribution in [3.05, 3.63) is 60.4 Å². The lowest BCUT2D eigenvalue weighted by Gasteiger charge is -2.26. The van der Waals surface area contributed by atoms with Crippen LogP contribution in [0.5, 0.6) is 0 Å². The third-order valence-corrected chi connectivity index (χ3v) is 5.68. The van der Waals surface area contributed by atoms with Crippen molar-refractivity contribution in [2.24, 2.45) is 0 Å². The summed E-state index contributed by atoms with van der Waals surface area (Å²) in [5, 5.41) is 5.74. The summed E-state index contributed by atoms with van der Waals surface area (Å²) < 4.78 is 7.37. The number of pyridine rings is 1. The number of hydrogen-bond donors (Lipinski definition) is 0. The van der Waals surface area contributed by atoms with Crippen molar-refractivity contribution in [2.45, 2.75) is 31.8 Å². The summed E-state index contributed by atoms with van der Waals surface area (Å²) in [6.45, 7) is 9.19. The highest BCUT2D eigenvalue weighted by molar-refractivity contribution is 5.86. The molecule has 2 aromatic heterocycles. The quantitative estimate of drug-likeness (QED) is 0.612. The molecule has 5 heteroatoms. The summed E-state index contributed by atoms with van der Waals surface area (Å²) in [6, 6.07) is 9.06. The first-order valence-corrected chi connectivity index (χ1v) is 10.2. The van der Waals surface area contributed by atoms with Crippen LogP contribution in [0.4, 0.5) is 0 Å². The molecule has 0 atom stereocenters. The number of hydrogen-bond acceptors (Lipinski definition) is 4. The van der Waals surface area contributed by atoms with E-state index in [1.807, 2.05) is 17.0 Å². The van der Waals surface area contributed by atoms with Crippen LogP contribution in [-0.2, 0) is 17.8 Å². The van der Waals surface area contributed by atoms with E-state index in [-0.39, 0.29) is 0 Å². The summed E-state index contributed by atoms with van der Waals surface area (Å²) in [5.41, 5.74) is 5.99. The maximum absolute atomic E-state index is 5.47. The summed E-state index contributed by atoms with van der Waals surface area (Å²) in [6.07, 6.45) is 8.38. The number of allylic oxidation sites excluding steroid dienone is 1. The molecule has 0 spiro atoms. The molecular formula is C23H26N4O. The molecule has 2 aliphatic rings. The maximum atomic E-state index is 5.47. The number of benzene rings is 1. The molecule has 2 fully saturated rings. The van der Waals surface area contributed by atoms with E-state index < -0.39 is 0 Å². The zero-order valence-electron chi connectivity index (χ0n) is 16.2. The zero-order valence-corrected chi connectivity index (χ0v) is 16.2. The van der Waals surface area contributed by atoms with E-state index in [0.29, 0.717) is 12.5 Å². The fraction of sp³-hybridized carbons (Fsp3) is 0.391. The highest BCUT2D eigenvalue weighted by Gasteiger charge is 2.27. The molecule has 3 aromatic rings. The molecule has 1 saturated heterocycles. The molecule has 1 saturated carbocycles. The average molecular weight is 374 g/mol. The van der Waals surface area contributed by atoms with E-state index in [1.54, 1.807) is 0 Å². The Morgan fingerprint density at radius 1 is 1.18 bits per heavy atom. The Hall–Kier alpha value is -2.50. The average Bonchev–Trinajstić information content (AvgIpc) is 3.47. The second-order valence-electron chi connectivity index (χ2n) is 7.85. The Labute approximate surface area is 165 Å². The van der Waals surface area contributed by atoms with Crippen molar-refractivity contribution >= 4 is 10.9 Å². The van der Waals surface area contributed by atoms with Gasteiger partial charge in [-0.25, -0.2) is 4.98 Å². The van der Waals surface area contributed by atoms with E-state index in [1.165, 1.54) is 29.4 Å². The predicted octanol–water partition coefficient (Wildman–Crippen LogP) is 3.99. The highest BCUT2D eigenvalue weighted by Crippen LogP contribution is 2.44. The summed E-state index contributed by atoms with van der Waals surface area (Å²) in [4.78, 5) is 7.43. The van der Waals surface area contributed by atoms with Crippen LogP contribution in [0.2, 0.25) is 0 Å². The van der Waals surface area contributed by atoms with Crippen molar-refractivity contribution in [3.63, 3.8) is 0 Å². The minimum atomic E-state index is 0.672. The summed E-state index contributed by atoms with van der Waals surface area (Å²) in [7, 11) is 0. The third-order valence-electron chi connectivity index (χ3n) is 5.68. The second-order valence-corrected chi connectivity index (χ2v) is 7.85. The van der Waals surface area contributed by atoms with E-state index in [4.69, 9.17) is 9.72 Å². The molecular weight excluding hydrogens is 348 g/mol. The minimum Gasteiger partial charge on any atom is -0.379 e. The molecule has 144 valence electrons. The van der Waals surface area contributed by atoms with Crippen LogP contribution < -0.4 is 0 Å². The lowest BCUT2D eigenvalue weighted by atomic mass is 10.00. The summed E-state index contributed by atoms with van der Waals surface area (Å²) >= 11 is 0. The molecule has 0 radical (unpaired) electrons. The van der Waals surface area contributed by atoms with Crippen molar-refractivity contribution in [1.29, 1.82) is 0 Å². The smallest absolute Gasteiger partial charge is 0.0744 e. The first-order valence-electron chi connectivity index (χ1n) is 10.2. The van der Waals surface area contributed by atoms with Crippen LogP contribution >= 0.6 is 0 Å². The van der Waals surface area contributed by atoms with Crippen molar-refractivity contribution < 1.29 is 4.74 Å². The Kier molecular flexibility index (Phi) is 4.71. The molecule has 0 amide bonds. The van der Waals surface area contributed by atoms with Gasteiger partial charge in [-0.2, -0.15) is 5.10 Å². The monoisotopic (exact) mass is 374 g/mol. The van der Waals surface area contributed by atoms with E-state index in [9.17, 15) is 0 Å². The first-order chi connectivity index (χ1) is 13.8. The van der Waals surface area contributed by atoms with Crippen LogP contribution in [0.25, 0.3) is 22.2 Å². The number of rotatable bonds is 6. The van der Waals surface area contributed by atoms with Gasteiger partial charge in [0.2, 0.25) is 0 Å². The fourth-order valence-electron chi connectivity index (χ4n) is 4.02. The zero-order chi connectivity index (χ0) is 18.9. The number of ether oxygens (including phenoxy) is 1. The molecule has 5 nitrogen and oxygen atoms in total. The Bertz CT molecular complexity index is 999. The Morgan fingerprint density at radius 2 is 2.04 bits per heavy atom. The molecule has 0 bridgehead atoms. The molecule has 1 aromatic carbocycles. The molecule has 1 aliphatic heterocycles. The molecule has 5 rings (SSSR count). The lowest BCUT2D eigenvalue weighted by molar-refractivity contribution is 0.0342. The number of nitrogens with zero attached hydrogens (tertiary/aromatic N) is 4. The van der Waals surface area contributed by atoms with Gasteiger partial charge in [-0.3, -0.25) is 9.58 Å². The third kappa shape index (κ3) is 3.60. The van der Waals surface area contributed by atoms with Crippen LogP contribution in [0.1, 0.15) is 29.9 Å². The standard InChI is InChI=1S/C23H26N4O/c1-2-7-27-16-19(14-24-27)23-13-20(18-4-5-18)21-12-17(3-6-22(21)25-23)15-26-8-10-28-11-9-26/h2-3,6,12-14,16,18H,1,4-5,7-11,15H2. The van der Waals surface area contributed by atoms with Crippen LogP contribution in [0, 0.1) is 0 Å². The Balaban J connectivity index is 1.50. The lowest BCUT2D eigenvalue weighted by Crippen LogP contribution is -2.35. The van der Waals surface area contributed by atoms with Crippen molar-refractivity contribution in [3.8, 4) is 11.3 Å². The van der Waals surface area contributed by atoms with Crippen LogP contribution in [0.15, 0.2) is 49.3 Å². The molecule has 28 heavy (non-hydrogen) atoms. The van der Waals surface area contributed by atoms with E-state index >= 15 is 0 Å². The molecule has 1 aliphatic carbocycles. The molecule has 0 unspecified atom stereocenters. The number of aromatic nitrogens is 3. The summed E-state index contributed by atoms with van der Waals surface area (Å²) in [5.74, 6) is 0.672. The van der Waals surface area contributed by atoms with E-state index in [0.717, 1.165) is 49.6 Å². The Morgan fingerprint density at radius 3 is 2.82 bits per heavy atom. The maximum Gasteiger partial charge on any atom is 0.0744 e. The van der Waals surface area contributed by atoms with Gasteiger partial charge in [0.1, 0.15) is 0 Å². The van der Waals surface area contributed by atoms with Gasteiger partial charge >= 0.3 is 0 Å². The predicted molar refractivity (Wildman–Crippen MR) is 111 cm³/mol. The van der Waals surface area contributed by atoms with Gasteiger partial charge in [0.05, 0.1) is 37.2 Å². The number of morpholine rings is 1. The first kappa shape index (κ1) is 17.6. The van der Waals surface area contributed by atoms with E-state index in [2.05, 4.69) is 47.0 Å². The van der Waals surface area contributed by atoms with Gasteiger partial charge in [0.25, 0.3) is 0 Å². The molecule has 3 heterocycles. The topological polar surface area (TPSA) is 43.2 Å². The van der Waals surface area contributed by atoms with Gasteiger partial charge in [0.15, 0.2) is 0 Å². The second kappa shape index (κ2) is 7.49. The SMILES string of the molecule is C=CCn1cc(-c2cc(C3CC3)c3cc(CN4CCOCC4)ccc3n2)cn1. The van der Waals surface area contributed by atoms with Gasteiger partial charge in [-0.05, 0) is 48.1 Å². The van der Waals surface area contributed by atoms with Crippen LogP contribution in [0.3, 0.4) is 0 Å². The van der Waals surface area contributed by atoms with Gasteiger partial charge < -0.3 is 4.74 Å². The number of fused-ring (bicyclic) bond motifs is 1. The molecule has 0 N–H and O–H groups in total. The fourth-order valence-corrected chi connectivity index (χ4v) is 4.02. The normalized spacial score (nSPS) is 17.9. The minimum absolute atomic E-state index is 0.672. The largest absolute Gasteiger partial charge is 0.379 e. The van der Waals surface area contributed by atoms with Crippen LogP contribution in [-0.4, -0.2) is 46.0 Å². The van der Waals surface area contributed by atoms with Gasteiger partial charge in [0, 0.05) is 36.8 Å². The highest BCUT2D eigenvalue weighted by atomic mass is 16.5. The van der Waals surface area contributed by atoms with Gasteiger partial charge in [-0.1, -0.05) is 12.1 Å².